The molecule has 0 heterocycles. The highest BCUT2D eigenvalue weighted by Crippen LogP contribution is 2.55. The number of nitrogens with one attached hydrogen (secondary N) is 2. The number of carbonyl (C=O) groups excluding carboxylic acids is 1. The summed E-state index contributed by atoms with van der Waals surface area (Å²) in [5.41, 5.74) is 3.50. The van der Waals surface area contributed by atoms with Crippen LogP contribution in [0.4, 0.5) is 5.69 Å². The quantitative estimate of drug-likeness (QED) is 0.888. The molecular formula is C20H28N2O. The third-order valence-electron chi connectivity index (χ3n) is 6.41. The first-order valence-electron chi connectivity index (χ1n) is 9.14. The second kappa shape index (κ2) is 5.62. The third kappa shape index (κ3) is 2.91. The maximum Gasteiger partial charge on any atom is 0.238 e. The molecule has 0 atom stereocenters. The number of para-hydroxylation sites is 1. The predicted molar refractivity (Wildman–Crippen MR) is 93.5 cm³/mol. The average Bonchev–Trinajstić information content (AvgIpc) is 2.48. The van der Waals surface area contributed by atoms with Crippen molar-refractivity contribution in [3.05, 3.63) is 29.3 Å². The van der Waals surface area contributed by atoms with Gasteiger partial charge in [-0.15, -0.1) is 0 Å². The molecule has 2 N–H and O–H groups in total. The Bertz CT molecular complexity index is 567. The lowest BCUT2D eigenvalue weighted by Gasteiger charge is -2.57. The Morgan fingerprint density at radius 3 is 2.09 bits per heavy atom. The first-order chi connectivity index (χ1) is 11.0. The smallest absolute Gasteiger partial charge is 0.238 e. The van der Waals surface area contributed by atoms with Gasteiger partial charge in [-0.3, -0.25) is 4.79 Å². The van der Waals surface area contributed by atoms with Crippen LogP contribution in [0.1, 0.15) is 49.7 Å². The van der Waals surface area contributed by atoms with Crippen LogP contribution >= 0.6 is 0 Å². The van der Waals surface area contributed by atoms with Gasteiger partial charge in [0.25, 0.3) is 0 Å². The maximum absolute atomic E-state index is 12.4. The van der Waals surface area contributed by atoms with E-state index in [0.717, 1.165) is 34.6 Å². The molecule has 4 aliphatic carbocycles. The second-order valence-electron chi connectivity index (χ2n) is 8.37. The minimum Gasteiger partial charge on any atom is -0.324 e. The van der Waals surface area contributed by atoms with Crippen LogP contribution in [0, 0.1) is 31.6 Å². The van der Waals surface area contributed by atoms with E-state index in [9.17, 15) is 4.79 Å². The van der Waals surface area contributed by atoms with Gasteiger partial charge in [0, 0.05) is 11.2 Å². The third-order valence-corrected chi connectivity index (χ3v) is 6.41. The highest BCUT2D eigenvalue weighted by Gasteiger charge is 2.50. The van der Waals surface area contributed by atoms with E-state index in [1.807, 2.05) is 6.07 Å². The largest absolute Gasteiger partial charge is 0.324 e. The molecule has 5 rings (SSSR count). The van der Waals surface area contributed by atoms with E-state index < -0.39 is 0 Å². The van der Waals surface area contributed by atoms with E-state index in [1.165, 1.54) is 38.5 Å². The predicted octanol–water partition coefficient (Wildman–Crippen LogP) is 3.80. The highest BCUT2D eigenvalue weighted by molar-refractivity contribution is 5.93. The molecular weight excluding hydrogens is 284 g/mol. The lowest BCUT2D eigenvalue weighted by molar-refractivity contribution is -0.116. The van der Waals surface area contributed by atoms with Crippen molar-refractivity contribution in [1.29, 1.82) is 0 Å². The van der Waals surface area contributed by atoms with E-state index in [2.05, 4.69) is 36.6 Å². The maximum atomic E-state index is 12.4. The van der Waals surface area contributed by atoms with Crippen molar-refractivity contribution in [1.82, 2.24) is 5.32 Å². The van der Waals surface area contributed by atoms with Crippen molar-refractivity contribution >= 4 is 11.6 Å². The number of anilines is 1. The zero-order chi connectivity index (χ0) is 16.0. The number of aryl methyl sites for hydroxylation is 2. The van der Waals surface area contributed by atoms with Crippen LogP contribution in [0.15, 0.2) is 18.2 Å². The van der Waals surface area contributed by atoms with Crippen LogP contribution in [0.5, 0.6) is 0 Å². The molecule has 0 unspecified atom stereocenters. The monoisotopic (exact) mass is 312 g/mol. The molecule has 1 aromatic rings. The lowest BCUT2D eigenvalue weighted by Crippen LogP contribution is -2.59. The van der Waals surface area contributed by atoms with Crippen molar-refractivity contribution in [2.24, 2.45) is 17.8 Å². The van der Waals surface area contributed by atoms with Crippen molar-refractivity contribution in [3.8, 4) is 0 Å². The minimum atomic E-state index is 0.0955. The molecule has 23 heavy (non-hydrogen) atoms. The number of amides is 1. The molecule has 3 heteroatoms. The molecule has 0 saturated heterocycles. The van der Waals surface area contributed by atoms with Gasteiger partial charge in [-0.25, -0.2) is 0 Å². The average molecular weight is 312 g/mol. The van der Waals surface area contributed by atoms with E-state index in [0.29, 0.717) is 6.54 Å². The van der Waals surface area contributed by atoms with Gasteiger partial charge in [0.05, 0.1) is 6.54 Å². The molecule has 1 aromatic carbocycles. The van der Waals surface area contributed by atoms with Crippen LogP contribution in [-0.2, 0) is 4.79 Å². The number of carbonyl (C=O) groups is 1. The molecule has 4 aliphatic rings. The first kappa shape index (κ1) is 15.2. The Kier molecular flexibility index (Phi) is 3.72. The molecule has 0 radical (unpaired) electrons. The summed E-state index contributed by atoms with van der Waals surface area (Å²) in [6, 6.07) is 6.14. The molecule has 0 spiro atoms. The topological polar surface area (TPSA) is 41.1 Å². The Balaban J connectivity index is 1.39. The molecule has 4 bridgehead atoms. The second-order valence-corrected chi connectivity index (χ2v) is 8.37. The molecule has 124 valence electrons. The van der Waals surface area contributed by atoms with E-state index >= 15 is 0 Å². The highest BCUT2D eigenvalue weighted by atomic mass is 16.1. The summed E-state index contributed by atoms with van der Waals surface area (Å²) in [5, 5.41) is 6.78. The van der Waals surface area contributed by atoms with Crippen LogP contribution in [0.3, 0.4) is 0 Å². The Morgan fingerprint density at radius 2 is 1.57 bits per heavy atom. The van der Waals surface area contributed by atoms with Crippen LogP contribution in [0.2, 0.25) is 0 Å². The number of benzene rings is 1. The summed E-state index contributed by atoms with van der Waals surface area (Å²) in [6.07, 6.45) is 8.18. The Morgan fingerprint density at radius 1 is 1.04 bits per heavy atom. The molecule has 4 saturated carbocycles. The van der Waals surface area contributed by atoms with Crippen molar-refractivity contribution in [3.63, 3.8) is 0 Å². The normalized spacial score (nSPS) is 34.6. The zero-order valence-corrected chi connectivity index (χ0v) is 14.3. The van der Waals surface area contributed by atoms with Gasteiger partial charge in [-0.2, -0.15) is 0 Å². The Hall–Kier alpha value is -1.35. The summed E-state index contributed by atoms with van der Waals surface area (Å²) in [7, 11) is 0. The summed E-state index contributed by atoms with van der Waals surface area (Å²) < 4.78 is 0. The van der Waals surface area contributed by atoms with Crippen LogP contribution < -0.4 is 10.6 Å². The van der Waals surface area contributed by atoms with Crippen molar-refractivity contribution < 1.29 is 4.79 Å². The number of rotatable bonds is 4. The van der Waals surface area contributed by atoms with Gasteiger partial charge in [-0.05, 0) is 81.3 Å². The van der Waals surface area contributed by atoms with Gasteiger partial charge in [0.15, 0.2) is 0 Å². The first-order valence-corrected chi connectivity index (χ1v) is 9.14. The molecule has 3 nitrogen and oxygen atoms in total. The van der Waals surface area contributed by atoms with Gasteiger partial charge < -0.3 is 10.6 Å². The van der Waals surface area contributed by atoms with Crippen molar-refractivity contribution in [2.45, 2.75) is 57.9 Å². The van der Waals surface area contributed by atoms with E-state index in [1.54, 1.807) is 0 Å². The molecule has 4 fully saturated rings. The zero-order valence-electron chi connectivity index (χ0n) is 14.3. The van der Waals surface area contributed by atoms with Gasteiger partial charge in [0.1, 0.15) is 0 Å². The SMILES string of the molecule is Cc1cccc(C)c1NC(=O)CNC12CC3CC(CC(C3)C1)C2. The summed E-state index contributed by atoms with van der Waals surface area (Å²) in [6.45, 7) is 4.55. The summed E-state index contributed by atoms with van der Waals surface area (Å²) >= 11 is 0. The fourth-order valence-corrected chi connectivity index (χ4v) is 5.79. The van der Waals surface area contributed by atoms with Crippen molar-refractivity contribution in [2.75, 3.05) is 11.9 Å². The van der Waals surface area contributed by atoms with Crippen LogP contribution in [-0.4, -0.2) is 18.0 Å². The standard InChI is InChI=1S/C20H28N2O/c1-13-4-3-5-14(2)19(13)22-18(23)12-21-20-9-15-6-16(10-20)8-17(7-15)11-20/h3-5,15-17,21H,6-12H2,1-2H3,(H,22,23). The fraction of sp³-hybridized carbons (Fsp3) is 0.650. The van der Waals surface area contributed by atoms with E-state index in [4.69, 9.17) is 0 Å². The van der Waals surface area contributed by atoms with Crippen LogP contribution in [0.25, 0.3) is 0 Å². The van der Waals surface area contributed by atoms with Gasteiger partial charge >= 0.3 is 0 Å². The molecule has 1 amide bonds. The lowest BCUT2D eigenvalue weighted by atomic mass is 9.53. The van der Waals surface area contributed by atoms with Gasteiger partial charge in [0.2, 0.25) is 5.91 Å². The number of hydrogen-bond acceptors (Lipinski definition) is 2. The summed E-state index contributed by atoms with van der Waals surface area (Å²) in [4.78, 5) is 12.4. The molecule has 0 aromatic heterocycles. The Labute approximate surface area is 139 Å². The summed E-state index contributed by atoms with van der Waals surface area (Å²) in [5.74, 6) is 2.83. The van der Waals surface area contributed by atoms with E-state index in [-0.39, 0.29) is 11.4 Å². The molecule has 0 aliphatic heterocycles. The fourth-order valence-electron chi connectivity index (χ4n) is 5.79. The minimum absolute atomic E-state index is 0.0955. The van der Waals surface area contributed by atoms with Gasteiger partial charge in [-0.1, -0.05) is 18.2 Å². The number of hydrogen-bond donors (Lipinski definition) is 2.